The van der Waals surface area contributed by atoms with Crippen molar-refractivity contribution in [3.8, 4) is 11.4 Å². The van der Waals surface area contributed by atoms with Crippen LogP contribution in [0.1, 0.15) is 27.5 Å². The first kappa shape index (κ1) is 20.9. The summed E-state index contributed by atoms with van der Waals surface area (Å²) >= 11 is 6.18. The van der Waals surface area contributed by atoms with Gasteiger partial charge in [0.1, 0.15) is 5.69 Å². The van der Waals surface area contributed by atoms with Gasteiger partial charge in [-0.2, -0.15) is 22.7 Å². The molecule has 0 aliphatic carbocycles. The largest absolute Gasteiger partial charge is 0.433 e. The molecule has 0 N–H and O–H groups in total. The molecule has 11 heteroatoms. The quantitative estimate of drug-likeness (QED) is 0.454. The van der Waals surface area contributed by atoms with E-state index < -0.39 is 17.8 Å². The number of aryl methyl sites for hydroxylation is 1. The number of amides is 1. The van der Waals surface area contributed by atoms with Gasteiger partial charge in [-0.25, -0.2) is 0 Å². The molecule has 0 saturated heterocycles. The fourth-order valence-corrected chi connectivity index (χ4v) is 3.22. The highest BCUT2D eigenvalue weighted by atomic mass is 35.5. The van der Waals surface area contributed by atoms with Crippen LogP contribution in [-0.2, 0) is 12.7 Å². The van der Waals surface area contributed by atoms with Crippen molar-refractivity contribution in [3.63, 3.8) is 0 Å². The summed E-state index contributed by atoms with van der Waals surface area (Å²) in [6.45, 7) is 1.70. The third-order valence-corrected chi connectivity index (χ3v) is 4.94. The molecule has 0 spiro atoms. The lowest BCUT2D eigenvalue weighted by molar-refractivity contribution is -0.141. The van der Waals surface area contributed by atoms with Crippen LogP contribution >= 0.6 is 11.6 Å². The van der Waals surface area contributed by atoms with Crippen LogP contribution in [0.4, 0.5) is 13.2 Å². The molecule has 4 aromatic rings. The molecular weight excluding hydrogens is 435 g/mol. The Bertz CT molecular complexity index is 1260. The number of carbonyl (C=O) groups excluding carboxylic acids is 1. The smallest absolute Gasteiger partial charge is 0.416 e. The predicted molar refractivity (Wildman–Crippen MR) is 105 cm³/mol. The van der Waals surface area contributed by atoms with E-state index in [1.54, 1.807) is 31.2 Å². The van der Waals surface area contributed by atoms with E-state index >= 15 is 0 Å². The van der Waals surface area contributed by atoms with Crippen molar-refractivity contribution in [3.05, 3.63) is 70.3 Å². The van der Waals surface area contributed by atoms with Crippen molar-refractivity contribution in [1.82, 2.24) is 24.5 Å². The number of oxazole rings is 1. The molecule has 0 fully saturated rings. The highest BCUT2D eigenvalue weighted by molar-refractivity contribution is 6.33. The molecule has 0 bridgehead atoms. The SMILES string of the molecule is Cc1c(C(=O)N(C)Cc2ccc(C(F)(F)F)nc2)oc2nc(-c3ccccc3Cl)nn12. The number of hydrogen-bond donors (Lipinski definition) is 0. The highest BCUT2D eigenvalue weighted by Crippen LogP contribution is 2.28. The second kappa shape index (κ2) is 7.69. The van der Waals surface area contributed by atoms with E-state index in [0.717, 1.165) is 12.3 Å². The molecule has 0 saturated carbocycles. The Morgan fingerprint density at radius 2 is 1.97 bits per heavy atom. The maximum Gasteiger partial charge on any atom is 0.433 e. The van der Waals surface area contributed by atoms with E-state index in [2.05, 4.69) is 15.1 Å². The van der Waals surface area contributed by atoms with Crippen LogP contribution < -0.4 is 0 Å². The summed E-state index contributed by atoms with van der Waals surface area (Å²) in [4.78, 5) is 21.8. The van der Waals surface area contributed by atoms with Crippen LogP contribution in [0.2, 0.25) is 5.02 Å². The number of aromatic nitrogens is 4. The summed E-state index contributed by atoms with van der Waals surface area (Å²) in [6.07, 6.45) is -3.43. The Kier molecular flexibility index (Phi) is 5.18. The average molecular weight is 450 g/mol. The fourth-order valence-electron chi connectivity index (χ4n) is 3.00. The molecule has 0 aliphatic rings. The van der Waals surface area contributed by atoms with E-state index in [1.807, 2.05) is 0 Å². The summed E-state index contributed by atoms with van der Waals surface area (Å²) < 4.78 is 45.0. The van der Waals surface area contributed by atoms with Gasteiger partial charge in [0, 0.05) is 25.4 Å². The molecule has 31 heavy (non-hydrogen) atoms. The maximum absolute atomic E-state index is 12.8. The molecule has 160 valence electrons. The highest BCUT2D eigenvalue weighted by Gasteiger charge is 2.32. The number of benzene rings is 1. The molecule has 1 aromatic carbocycles. The molecule has 3 aromatic heterocycles. The first-order chi connectivity index (χ1) is 14.6. The fraction of sp³-hybridized carbons (Fsp3) is 0.200. The Hall–Kier alpha value is -3.40. The van der Waals surface area contributed by atoms with Gasteiger partial charge in [-0.1, -0.05) is 29.8 Å². The predicted octanol–water partition coefficient (Wildman–Crippen LogP) is 4.64. The summed E-state index contributed by atoms with van der Waals surface area (Å²) in [5.41, 5.74) is 0.510. The normalized spacial score (nSPS) is 11.8. The molecule has 0 aliphatic heterocycles. The molecule has 3 heterocycles. The zero-order valence-electron chi connectivity index (χ0n) is 16.3. The Labute approximate surface area is 179 Å². The summed E-state index contributed by atoms with van der Waals surface area (Å²) in [7, 11) is 1.51. The number of rotatable bonds is 4. The van der Waals surface area contributed by atoms with Gasteiger partial charge in [-0.3, -0.25) is 9.78 Å². The van der Waals surface area contributed by atoms with E-state index in [4.69, 9.17) is 16.0 Å². The third kappa shape index (κ3) is 3.98. The average Bonchev–Trinajstić information content (AvgIpc) is 3.27. The molecule has 7 nitrogen and oxygen atoms in total. The van der Waals surface area contributed by atoms with E-state index in [0.29, 0.717) is 27.7 Å². The van der Waals surface area contributed by atoms with Gasteiger partial charge in [-0.15, -0.1) is 5.10 Å². The van der Waals surface area contributed by atoms with Crippen LogP contribution in [0.15, 0.2) is 47.0 Å². The van der Waals surface area contributed by atoms with E-state index in [-0.39, 0.29) is 18.1 Å². The van der Waals surface area contributed by atoms with E-state index in [9.17, 15) is 18.0 Å². The molecule has 0 atom stereocenters. The lowest BCUT2D eigenvalue weighted by Crippen LogP contribution is -2.26. The molecule has 0 unspecified atom stereocenters. The molecule has 4 rings (SSSR count). The topological polar surface area (TPSA) is 76.5 Å². The minimum Gasteiger partial charge on any atom is -0.416 e. The van der Waals surface area contributed by atoms with Gasteiger partial charge in [0.15, 0.2) is 5.82 Å². The molecular formula is C20H15ClF3N5O2. The van der Waals surface area contributed by atoms with Crippen LogP contribution in [0.3, 0.4) is 0 Å². The summed E-state index contributed by atoms with van der Waals surface area (Å²) in [5, 5.41) is 4.84. The van der Waals surface area contributed by atoms with Gasteiger partial charge in [0.2, 0.25) is 5.76 Å². The van der Waals surface area contributed by atoms with Gasteiger partial charge < -0.3 is 9.32 Å². The number of halogens is 4. The standard InChI is InChI=1S/C20H15ClF3N5O2/c1-11-16(18(30)28(2)10-12-7-8-15(25-9-12)20(22,23)24)31-19-26-17(27-29(11)19)13-5-3-4-6-14(13)21/h3-9H,10H2,1-2H3. The lowest BCUT2D eigenvalue weighted by Gasteiger charge is -2.16. The lowest BCUT2D eigenvalue weighted by atomic mass is 10.2. The maximum atomic E-state index is 12.8. The number of carbonyl (C=O) groups is 1. The van der Waals surface area contributed by atoms with Crippen molar-refractivity contribution < 1.29 is 22.4 Å². The number of hydrogen-bond acceptors (Lipinski definition) is 5. The van der Waals surface area contributed by atoms with E-state index in [1.165, 1.54) is 22.5 Å². The van der Waals surface area contributed by atoms with Gasteiger partial charge in [0.25, 0.3) is 5.91 Å². The number of fused-ring (bicyclic) bond motifs is 1. The monoisotopic (exact) mass is 449 g/mol. The van der Waals surface area contributed by atoms with Crippen molar-refractivity contribution >= 4 is 23.4 Å². The van der Waals surface area contributed by atoms with Gasteiger partial charge in [-0.05, 0) is 30.7 Å². The minimum absolute atomic E-state index is 0.0306. The number of nitrogens with zero attached hydrogens (tertiary/aromatic N) is 5. The van der Waals surface area contributed by atoms with Gasteiger partial charge >= 0.3 is 12.0 Å². The molecule has 0 radical (unpaired) electrons. The number of pyridine rings is 1. The van der Waals surface area contributed by atoms with Crippen LogP contribution in [0.5, 0.6) is 0 Å². The summed E-state index contributed by atoms with van der Waals surface area (Å²) in [5.74, 6) is 0.0445. The van der Waals surface area contributed by atoms with Crippen LogP contribution in [-0.4, -0.2) is 37.4 Å². The van der Waals surface area contributed by atoms with Crippen molar-refractivity contribution in [1.29, 1.82) is 0 Å². The van der Waals surface area contributed by atoms with Crippen molar-refractivity contribution in [2.24, 2.45) is 0 Å². The van der Waals surface area contributed by atoms with Gasteiger partial charge in [0.05, 0.1) is 10.7 Å². The zero-order valence-corrected chi connectivity index (χ0v) is 17.1. The van der Waals surface area contributed by atoms with Crippen LogP contribution in [0.25, 0.3) is 17.2 Å². The second-order valence-corrected chi connectivity index (χ2v) is 7.24. The Balaban J connectivity index is 1.55. The van der Waals surface area contributed by atoms with Crippen molar-refractivity contribution in [2.75, 3.05) is 7.05 Å². The zero-order chi connectivity index (χ0) is 22.3. The Morgan fingerprint density at radius 1 is 1.23 bits per heavy atom. The first-order valence-electron chi connectivity index (χ1n) is 9.04. The van der Waals surface area contributed by atoms with Crippen LogP contribution in [0, 0.1) is 6.92 Å². The van der Waals surface area contributed by atoms with Crippen molar-refractivity contribution in [2.45, 2.75) is 19.6 Å². The second-order valence-electron chi connectivity index (χ2n) is 6.84. The minimum atomic E-state index is -4.52. The Morgan fingerprint density at radius 3 is 2.58 bits per heavy atom. The molecule has 1 amide bonds. The number of alkyl halides is 3. The summed E-state index contributed by atoms with van der Waals surface area (Å²) in [6, 6.07) is 9.23. The first-order valence-corrected chi connectivity index (χ1v) is 9.41. The third-order valence-electron chi connectivity index (χ3n) is 4.61.